The number of hydrogen-bond acceptors (Lipinski definition) is 2. The SMILES string of the molecule is CN=C(NCc1ccc(C(N)=O)cc1)NCc1cccc(F)c1.I. The van der Waals surface area contributed by atoms with Crippen LogP contribution in [0.3, 0.4) is 0 Å². The van der Waals surface area contributed by atoms with Crippen molar-refractivity contribution in [2.45, 2.75) is 13.1 Å². The number of nitrogens with two attached hydrogens (primary N) is 1. The Hall–Kier alpha value is -2.16. The predicted octanol–water partition coefficient (Wildman–Crippen LogP) is 2.41. The molecule has 0 heterocycles. The van der Waals surface area contributed by atoms with Crippen molar-refractivity contribution in [3.8, 4) is 0 Å². The molecule has 0 saturated carbocycles. The fourth-order valence-electron chi connectivity index (χ4n) is 2.03. The molecule has 7 heteroatoms. The number of nitrogens with zero attached hydrogens (tertiary/aromatic N) is 1. The van der Waals surface area contributed by atoms with Gasteiger partial charge in [-0.25, -0.2) is 4.39 Å². The van der Waals surface area contributed by atoms with Crippen molar-refractivity contribution in [2.24, 2.45) is 10.7 Å². The van der Waals surface area contributed by atoms with Gasteiger partial charge in [0.25, 0.3) is 0 Å². The summed E-state index contributed by atoms with van der Waals surface area (Å²) in [5.74, 6) is -0.105. The third kappa shape index (κ3) is 6.15. The molecule has 0 unspecified atom stereocenters. The minimum absolute atomic E-state index is 0. The van der Waals surface area contributed by atoms with Crippen LogP contribution in [0.4, 0.5) is 4.39 Å². The highest BCUT2D eigenvalue weighted by atomic mass is 127. The second kappa shape index (κ2) is 9.86. The Balaban J connectivity index is 0.00000288. The zero-order valence-corrected chi connectivity index (χ0v) is 15.6. The first kappa shape index (κ1) is 19.9. The van der Waals surface area contributed by atoms with Crippen molar-refractivity contribution in [2.75, 3.05) is 7.05 Å². The van der Waals surface area contributed by atoms with Crippen LogP contribution >= 0.6 is 24.0 Å². The van der Waals surface area contributed by atoms with Gasteiger partial charge in [-0.1, -0.05) is 24.3 Å². The molecule has 0 aliphatic carbocycles. The van der Waals surface area contributed by atoms with Crippen molar-refractivity contribution in [3.05, 3.63) is 71.0 Å². The number of primary amides is 1. The van der Waals surface area contributed by atoms with Crippen molar-refractivity contribution in [1.82, 2.24) is 10.6 Å². The lowest BCUT2D eigenvalue weighted by atomic mass is 10.1. The summed E-state index contributed by atoms with van der Waals surface area (Å²) in [6.45, 7) is 1.01. The highest BCUT2D eigenvalue weighted by Gasteiger charge is 2.02. The molecular weight excluding hydrogens is 422 g/mol. The predicted molar refractivity (Wildman–Crippen MR) is 104 cm³/mol. The average molecular weight is 442 g/mol. The second-order valence-corrected chi connectivity index (χ2v) is 4.97. The summed E-state index contributed by atoms with van der Waals surface area (Å²) < 4.78 is 13.1. The number of rotatable bonds is 5. The number of benzene rings is 2. The molecule has 4 N–H and O–H groups in total. The molecule has 24 heavy (non-hydrogen) atoms. The van der Waals surface area contributed by atoms with Crippen LogP contribution in [0.5, 0.6) is 0 Å². The summed E-state index contributed by atoms with van der Waals surface area (Å²) in [6.07, 6.45) is 0. The number of guanidine groups is 1. The minimum atomic E-state index is -0.447. The molecule has 2 aromatic rings. The molecule has 0 aromatic heterocycles. The zero-order valence-electron chi connectivity index (χ0n) is 13.3. The van der Waals surface area contributed by atoms with Crippen LogP contribution in [0, 0.1) is 5.82 Å². The van der Waals surface area contributed by atoms with E-state index in [0.717, 1.165) is 11.1 Å². The number of aliphatic imine (C=N–C) groups is 1. The molecule has 0 radical (unpaired) electrons. The molecule has 0 fully saturated rings. The first-order valence-electron chi connectivity index (χ1n) is 7.16. The van der Waals surface area contributed by atoms with Crippen LogP contribution < -0.4 is 16.4 Å². The molecule has 5 nitrogen and oxygen atoms in total. The maximum atomic E-state index is 13.1. The number of amides is 1. The van der Waals surface area contributed by atoms with E-state index >= 15 is 0 Å². The number of carbonyl (C=O) groups is 1. The minimum Gasteiger partial charge on any atom is -0.366 e. The van der Waals surface area contributed by atoms with Crippen LogP contribution in [-0.2, 0) is 13.1 Å². The summed E-state index contributed by atoms with van der Waals surface area (Å²) >= 11 is 0. The van der Waals surface area contributed by atoms with Crippen LogP contribution in [-0.4, -0.2) is 18.9 Å². The monoisotopic (exact) mass is 442 g/mol. The van der Waals surface area contributed by atoms with E-state index < -0.39 is 5.91 Å². The quantitative estimate of drug-likeness (QED) is 0.378. The van der Waals surface area contributed by atoms with E-state index in [1.807, 2.05) is 18.2 Å². The Morgan fingerprint density at radius 2 is 1.71 bits per heavy atom. The summed E-state index contributed by atoms with van der Waals surface area (Å²) in [5, 5.41) is 6.26. The van der Waals surface area contributed by atoms with Gasteiger partial charge in [-0.3, -0.25) is 9.79 Å². The van der Waals surface area contributed by atoms with E-state index in [4.69, 9.17) is 5.73 Å². The van der Waals surface area contributed by atoms with Gasteiger partial charge in [0, 0.05) is 25.7 Å². The summed E-state index contributed by atoms with van der Waals surface area (Å²) in [6, 6.07) is 13.4. The maximum Gasteiger partial charge on any atom is 0.248 e. The number of halogens is 2. The van der Waals surface area contributed by atoms with Crippen molar-refractivity contribution < 1.29 is 9.18 Å². The molecule has 2 aromatic carbocycles. The normalized spacial score (nSPS) is 10.7. The van der Waals surface area contributed by atoms with Crippen molar-refractivity contribution in [3.63, 3.8) is 0 Å². The van der Waals surface area contributed by atoms with E-state index in [1.54, 1.807) is 25.2 Å². The smallest absolute Gasteiger partial charge is 0.248 e. The van der Waals surface area contributed by atoms with Crippen molar-refractivity contribution in [1.29, 1.82) is 0 Å². The highest BCUT2D eigenvalue weighted by molar-refractivity contribution is 14.0. The third-order valence-corrected chi connectivity index (χ3v) is 3.27. The molecule has 2 rings (SSSR count). The Bertz CT molecular complexity index is 704. The molecule has 128 valence electrons. The Labute approximate surface area is 157 Å². The average Bonchev–Trinajstić information content (AvgIpc) is 2.55. The van der Waals surface area contributed by atoms with Gasteiger partial charge < -0.3 is 16.4 Å². The van der Waals surface area contributed by atoms with Crippen LogP contribution in [0.25, 0.3) is 0 Å². The number of carbonyl (C=O) groups excluding carboxylic acids is 1. The topological polar surface area (TPSA) is 79.5 Å². The van der Waals surface area contributed by atoms with Gasteiger partial charge in [0.1, 0.15) is 5.82 Å². The summed E-state index contributed by atoms with van der Waals surface area (Å²) in [7, 11) is 1.66. The molecule has 0 atom stereocenters. The standard InChI is InChI=1S/C17H19FN4O.HI/c1-20-17(22-11-13-3-2-4-15(18)9-13)21-10-12-5-7-14(8-6-12)16(19)23;/h2-9H,10-11H2,1H3,(H2,19,23)(H2,20,21,22);1H. The second-order valence-electron chi connectivity index (χ2n) is 4.97. The lowest BCUT2D eigenvalue weighted by Crippen LogP contribution is -2.36. The van der Waals surface area contributed by atoms with E-state index in [9.17, 15) is 9.18 Å². The third-order valence-electron chi connectivity index (χ3n) is 3.27. The summed E-state index contributed by atoms with van der Waals surface area (Å²) in [5.41, 5.74) is 7.50. The fourth-order valence-corrected chi connectivity index (χ4v) is 2.03. The van der Waals surface area contributed by atoms with Gasteiger partial charge in [0.05, 0.1) is 0 Å². The van der Waals surface area contributed by atoms with E-state index in [2.05, 4.69) is 15.6 Å². The number of hydrogen-bond donors (Lipinski definition) is 3. The van der Waals surface area contributed by atoms with Crippen LogP contribution in [0.15, 0.2) is 53.5 Å². The van der Waals surface area contributed by atoms with Gasteiger partial charge >= 0.3 is 0 Å². The Morgan fingerprint density at radius 3 is 2.25 bits per heavy atom. The first-order chi connectivity index (χ1) is 11.1. The zero-order chi connectivity index (χ0) is 16.7. The van der Waals surface area contributed by atoms with Gasteiger partial charge in [-0.05, 0) is 35.4 Å². The molecule has 0 spiro atoms. The largest absolute Gasteiger partial charge is 0.366 e. The molecule has 0 saturated heterocycles. The van der Waals surface area contributed by atoms with E-state index in [-0.39, 0.29) is 29.8 Å². The molecule has 0 aliphatic rings. The lowest BCUT2D eigenvalue weighted by Gasteiger charge is -2.12. The lowest BCUT2D eigenvalue weighted by molar-refractivity contribution is 0.100. The van der Waals surface area contributed by atoms with Gasteiger partial charge in [-0.15, -0.1) is 24.0 Å². The Morgan fingerprint density at radius 1 is 1.08 bits per heavy atom. The Kier molecular flexibility index (Phi) is 8.17. The van der Waals surface area contributed by atoms with E-state index in [1.165, 1.54) is 12.1 Å². The molecule has 1 amide bonds. The number of nitrogens with one attached hydrogen (secondary N) is 2. The van der Waals surface area contributed by atoms with Crippen LogP contribution in [0.2, 0.25) is 0 Å². The summed E-state index contributed by atoms with van der Waals surface area (Å²) in [4.78, 5) is 15.1. The molecule has 0 aliphatic heterocycles. The maximum absolute atomic E-state index is 13.1. The first-order valence-corrected chi connectivity index (χ1v) is 7.16. The van der Waals surface area contributed by atoms with Crippen molar-refractivity contribution >= 4 is 35.8 Å². The fraction of sp³-hybridized carbons (Fsp3) is 0.176. The van der Waals surface area contributed by atoms with Gasteiger partial charge in [0.2, 0.25) is 5.91 Å². The molecular formula is C17H20FIN4O. The van der Waals surface area contributed by atoms with Gasteiger partial charge in [-0.2, -0.15) is 0 Å². The van der Waals surface area contributed by atoms with Gasteiger partial charge in [0.15, 0.2) is 5.96 Å². The van der Waals surface area contributed by atoms with Crippen LogP contribution in [0.1, 0.15) is 21.5 Å². The highest BCUT2D eigenvalue weighted by Crippen LogP contribution is 2.04. The van der Waals surface area contributed by atoms with E-state index in [0.29, 0.717) is 24.6 Å². The molecule has 0 bridgehead atoms.